The number of nitrogens with one attached hydrogen (secondary N) is 1. The fourth-order valence-electron chi connectivity index (χ4n) is 3.76. The summed E-state index contributed by atoms with van der Waals surface area (Å²) in [5, 5.41) is 2.78. The normalized spacial score (nSPS) is 16.7. The van der Waals surface area contributed by atoms with Crippen LogP contribution in [0, 0.1) is 0 Å². The third kappa shape index (κ3) is 5.63. The Labute approximate surface area is 193 Å². The van der Waals surface area contributed by atoms with Crippen LogP contribution in [-0.4, -0.2) is 68.8 Å². The Morgan fingerprint density at radius 1 is 0.879 bits per heavy atom. The standard InChI is InChI=1S/C23H27N3O6S/c27-22(24-18-7-8-20-21(17-18)32-16-4-15-31-20)9-10-23(28)25-11-13-26(14-12-25)33(29,30)19-5-2-1-3-6-19/h1-3,5-8,17H,4,9-16H2,(H,24,27). The summed E-state index contributed by atoms with van der Waals surface area (Å²) in [5.41, 5.74) is 0.580. The molecule has 1 saturated heterocycles. The van der Waals surface area contributed by atoms with E-state index in [4.69, 9.17) is 9.47 Å². The number of nitrogens with zero attached hydrogens (tertiary/aromatic N) is 2. The molecule has 33 heavy (non-hydrogen) atoms. The molecule has 0 saturated carbocycles. The molecule has 0 spiro atoms. The van der Waals surface area contributed by atoms with E-state index in [1.807, 2.05) is 0 Å². The minimum Gasteiger partial charge on any atom is -0.490 e. The first-order chi connectivity index (χ1) is 15.9. The Morgan fingerprint density at radius 3 is 2.30 bits per heavy atom. The first-order valence-electron chi connectivity index (χ1n) is 11.0. The first kappa shape index (κ1) is 23.1. The zero-order valence-electron chi connectivity index (χ0n) is 18.2. The molecule has 9 nitrogen and oxygen atoms in total. The molecule has 1 N–H and O–H groups in total. The van der Waals surface area contributed by atoms with E-state index in [0.717, 1.165) is 6.42 Å². The number of benzene rings is 2. The molecule has 2 amide bonds. The van der Waals surface area contributed by atoms with Crippen LogP contribution in [-0.2, 0) is 19.6 Å². The van der Waals surface area contributed by atoms with Crippen molar-refractivity contribution in [2.45, 2.75) is 24.2 Å². The quantitative estimate of drug-likeness (QED) is 0.689. The summed E-state index contributed by atoms with van der Waals surface area (Å²) in [6.07, 6.45) is 0.891. The summed E-state index contributed by atoms with van der Waals surface area (Å²) in [6.45, 7) is 2.20. The third-order valence-corrected chi connectivity index (χ3v) is 7.48. The van der Waals surface area contributed by atoms with E-state index >= 15 is 0 Å². The monoisotopic (exact) mass is 473 g/mol. The van der Waals surface area contributed by atoms with Crippen LogP contribution in [0.2, 0.25) is 0 Å². The lowest BCUT2D eigenvalue weighted by Gasteiger charge is -2.34. The van der Waals surface area contributed by atoms with Crippen LogP contribution >= 0.6 is 0 Å². The van der Waals surface area contributed by atoms with E-state index in [-0.39, 0.29) is 42.6 Å². The predicted molar refractivity (Wildman–Crippen MR) is 122 cm³/mol. The van der Waals surface area contributed by atoms with Gasteiger partial charge in [-0.25, -0.2) is 8.42 Å². The molecule has 2 heterocycles. The summed E-state index contributed by atoms with van der Waals surface area (Å²) in [5.74, 6) is 0.794. The summed E-state index contributed by atoms with van der Waals surface area (Å²) < 4.78 is 38.0. The van der Waals surface area contributed by atoms with Crippen molar-refractivity contribution in [3.63, 3.8) is 0 Å². The molecule has 176 valence electrons. The van der Waals surface area contributed by atoms with Gasteiger partial charge in [0.05, 0.1) is 18.1 Å². The highest BCUT2D eigenvalue weighted by molar-refractivity contribution is 7.89. The van der Waals surface area contributed by atoms with Gasteiger partial charge in [0.15, 0.2) is 11.5 Å². The van der Waals surface area contributed by atoms with Crippen molar-refractivity contribution >= 4 is 27.5 Å². The molecule has 2 aromatic carbocycles. The maximum Gasteiger partial charge on any atom is 0.243 e. The van der Waals surface area contributed by atoms with Crippen LogP contribution in [0.4, 0.5) is 5.69 Å². The van der Waals surface area contributed by atoms with Gasteiger partial charge in [-0.15, -0.1) is 0 Å². The van der Waals surface area contributed by atoms with Crippen molar-refractivity contribution in [3.8, 4) is 11.5 Å². The second-order valence-electron chi connectivity index (χ2n) is 7.86. The molecule has 0 bridgehead atoms. The van der Waals surface area contributed by atoms with Crippen molar-refractivity contribution in [2.75, 3.05) is 44.7 Å². The van der Waals surface area contributed by atoms with Crippen LogP contribution in [0.1, 0.15) is 19.3 Å². The third-order valence-electron chi connectivity index (χ3n) is 5.57. The molecule has 2 aliphatic rings. The Balaban J connectivity index is 1.24. The Hall–Kier alpha value is -3.11. The lowest BCUT2D eigenvalue weighted by atomic mass is 10.2. The topological polar surface area (TPSA) is 105 Å². The summed E-state index contributed by atoms with van der Waals surface area (Å²) >= 11 is 0. The zero-order chi connectivity index (χ0) is 23.3. The SMILES string of the molecule is O=C(CCC(=O)N1CCN(S(=O)(=O)c2ccccc2)CC1)Nc1ccc2c(c1)OCCCO2. The number of carbonyl (C=O) groups excluding carboxylic acids is 2. The molecular weight excluding hydrogens is 446 g/mol. The number of rotatable bonds is 6. The van der Waals surface area contributed by atoms with Gasteiger partial charge in [0.25, 0.3) is 0 Å². The fourth-order valence-corrected chi connectivity index (χ4v) is 5.21. The smallest absolute Gasteiger partial charge is 0.243 e. The number of amides is 2. The Kier molecular flexibility index (Phi) is 7.14. The van der Waals surface area contributed by atoms with E-state index in [2.05, 4.69) is 5.32 Å². The molecule has 0 aromatic heterocycles. The van der Waals surface area contributed by atoms with Gasteiger partial charge >= 0.3 is 0 Å². The number of piperazine rings is 1. The fraction of sp³-hybridized carbons (Fsp3) is 0.391. The molecule has 10 heteroatoms. The minimum absolute atomic E-state index is 0.0375. The minimum atomic E-state index is -3.57. The lowest BCUT2D eigenvalue weighted by Crippen LogP contribution is -2.50. The molecule has 1 fully saturated rings. The molecule has 4 rings (SSSR count). The van der Waals surface area contributed by atoms with Crippen LogP contribution in [0.25, 0.3) is 0 Å². The van der Waals surface area contributed by atoms with Gasteiger partial charge in [-0.3, -0.25) is 9.59 Å². The maximum atomic E-state index is 12.7. The molecular formula is C23H27N3O6S. The average Bonchev–Trinajstić information content (AvgIpc) is 3.08. The van der Waals surface area contributed by atoms with Crippen molar-refractivity contribution < 1.29 is 27.5 Å². The number of carbonyl (C=O) groups is 2. The van der Waals surface area contributed by atoms with E-state index in [1.165, 1.54) is 4.31 Å². The Bertz CT molecular complexity index is 1100. The van der Waals surface area contributed by atoms with Crippen molar-refractivity contribution in [3.05, 3.63) is 48.5 Å². The van der Waals surface area contributed by atoms with Crippen LogP contribution in [0.3, 0.4) is 0 Å². The number of fused-ring (bicyclic) bond motifs is 1. The van der Waals surface area contributed by atoms with E-state index in [0.29, 0.717) is 43.5 Å². The summed E-state index contributed by atoms with van der Waals surface area (Å²) in [4.78, 5) is 26.7. The molecule has 0 radical (unpaired) electrons. The van der Waals surface area contributed by atoms with Gasteiger partial charge in [-0.05, 0) is 24.3 Å². The zero-order valence-corrected chi connectivity index (χ0v) is 19.1. The number of anilines is 1. The van der Waals surface area contributed by atoms with Crippen LogP contribution in [0.5, 0.6) is 11.5 Å². The highest BCUT2D eigenvalue weighted by atomic mass is 32.2. The van der Waals surface area contributed by atoms with Gasteiger partial charge in [0.2, 0.25) is 21.8 Å². The van der Waals surface area contributed by atoms with Gasteiger partial charge in [0, 0.05) is 57.2 Å². The molecule has 0 unspecified atom stereocenters. The Morgan fingerprint density at radius 2 is 1.58 bits per heavy atom. The average molecular weight is 474 g/mol. The van der Waals surface area contributed by atoms with E-state index < -0.39 is 10.0 Å². The van der Waals surface area contributed by atoms with Gasteiger partial charge < -0.3 is 19.7 Å². The van der Waals surface area contributed by atoms with Crippen LogP contribution in [0.15, 0.2) is 53.4 Å². The van der Waals surface area contributed by atoms with Gasteiger partial charge in [-0.1, -0.05) is 18.2 Å². The highest BCUT2D eigenvalue weighted by Crippen LogP contribution is 2.32. The van der Waals surface area contributed by atoms with Crippen molar-refractivity contribution in [1.82, 2.24) is 9.21 Å². The van der Waals surface area contributed by atoms with Crippen LogP contribution < -0.4 is 14.8 Å². The van der Waals surface area contributed by atoms with Gasteiger partial charge in [-0.2, -0.15) is 4.31 Å². The lowest BCUT2D eigenvalue weighted by molar-refractivity contribution is -0.133. The molecule has 0 aliphatic carbocycles. The number of sulfonamides is 1. The first-order valence-corrected chi connectivity index (χ1v) is 12.4. The summed E-state index contributed by atoms with van der Waals surface area (Å²) in [7, 11) is -3.57. The number of hydrogen-bond donors (Lipinski definition) is 1. The highest BCUT2D eigenvalue weighted by Gasteiger charge is 2.30. The molecule has 0 atom stereocenters. The van der Waals surface area contributed by atoms with E-state index in [1.54, 1.807) is 53.4 Å². The van der Waals surface area contributed by atoms with Gasteiger partial charge in [0.1, 0.15) is 0 Å². The van der Waals surface area contributed by atoms with Crippen molar-refractivity contribution in [2.24, 2.45) is 0 Å². The van der Waals surface area contributed by atoms with Crippen molar-refractivity contribution in [1.29, 1.82) is 0 Å². The summed E-state index contributed by atoms with van der Waals surface area (Å²) in [6, 6.07) is 13.5. The number of ether oxygens (including phenoxy) is 2. The second kappa shape index (κ2) is 10.2. The largest absolute Gasteiger partial charge is 0.490 e. The maximum absolute atomic E-state index is 12.7. The predicted octanol–water partition coefficient (Wildman–Crippen LogP) is 2.10. The number of hydrogen-bond acceptors (Lipinski definition) is 6. The molecule has 2 aliphatic heterocycles. The molecule has 2 aromatic rings. The van der Waals surface area contributed by atoms with E-state index in [9.17, 15) is 18.0 Å². The second-order valence-corrected chi connectivity index (χ2v) is 9.80.